The largest absolute Gasteiger partial charge is 0.543 e. The van der Waals surface area contributed by atoms with Gasteiger partial charge in [-0.2, -0.15) is 0 Å². The summed E-state index contributed by atoms with van der Waals surface area (Å²) in [7, 11) is 0.888. The Labute approximate surface area is 192 Å². The van der Waals surface area contributed by atoms with Crippen molar-refractivity contribution in [3.63, 3.8) is 0 Å². The Morgan fingerprint density at radius 2 is 1.91 bits per heavy atom. The van der Waals surface area contributed by atoms with E-state index in [1.807, 2.05) is 19.1 Å². The number of hydrogen-bond acceptors (Lipinski definition) is 5. The Kier molecular flexibility index (Phi) is 6.93. The number of hydrogen-bond donors (Lipinski definition) is 0. The highest BCUT2D eigenvalue weighted by atomic mass is 28.4. The van der Waals surface area contributed by atoms with Crippen molar-refractivity contribution in [3.05, 3.63) is 53.0 Å². The first kappa shape index (κ1) is 24.2. The van der Waals surface area contributed by atoms with Gasteiger partial charge < -0.3 is 18.3 Å². The third-order valence-electron chi connectivity index (χ3n) is 6.67. The molecule has 0 spiro atoms. The molecule has 0 bridgehead atoms. The van der Waals surface area contributed by atoms with Gasteiger partial charge in [0.1, 0.15) is 17.1 Å². The fraction of sp³-hybridized carbons (Fsp3) is 0.500. The molecule has 5 nitrogen and oxygen atoms in total. The summed E-state index contributed by atoms with van der Waals surface area (Å²) in [5.74, 6) is 1.87. The molecule has 1 atom stereocenters. The van der Waals surface area contributed by atoms with Crippen LogP contribution >= 0.6 is 0 Å². The van der Waals surface area contributed by atoms with Gasteiger partial charge in [-0.3, -0.25) is 0 Å². The molecular formula is C26H36O5Si. The van der Waals surface area contributed by atoms with E-state index in [0.29, 0.717) is 0 Å². The number of ether oxygens (including phenoxy) is 2. The van der Waals surface area contributed by atoms with Gasteiger partial charge in [0.2, 0.25) is 14.1 Å². The van der Waals surface area contributed by atoms with Crippen LogP contribution in [-0.4, -0.2) is 28.5 Å². The number of allylic oxidation sites excluding steroid dienone is 3. The van der Waals surface area contributed by atoms with Crippen LogP contribution in [0.2, 0.25) is 18.1 Å². The standard InChI is InChI=1S/C26H36O5Si/c1-17(15-23(28-5)25(27)29-6)14-18-10-9-11-22-24(18)20-16-19(12-13-21(20)30-22)31-32(7,8)26(2,3)4/h12-16,18H,9-11H2,1-8H3/b17-14+,23-15-/t18-/m0/s1. The monoisotopic (exact) mass is 456 g/mol. The molecule has 0 N–H and O–H groups in total. The first-order valence-electron chi connectivity index (χ1n) is 11.2. The van der Waals surface area contributed by atoms with Gasteiger partial charge in [-0.25, -0.2) is 4.79 Å². The second-order valence-electron chi connectivity index (χ2n) is 10.1. The van der Waals surface area contributed by atoms with E-state index in [0.717, 1.165) is 47.3 Å². The number of carbonyl (C=O) groups is 1. The molecule has 0 fully saturated rings. The number of methoxy groups -OCH3 is 2. The lowest BCUT2D eigenvalue weighted by Crippen LogP contribution is -2.43. The lowest BCUT2D eigenvalue weighted by molar-refractivity contribution is -0.139. The minimum absolute atomic E-state index is 0.130. The molecule has 2 aromatic rings. The van der Waals surface area contributed by atoms with Gasteiger partial charge in [0, 0.05) is 23.3 Å². The lowest BCUT2D eigenvalue weighted by atomic mass is 9.84. The Morgan fingerprint density at radius 1 is 1.19 bits per heavy atom. The van der Waals surface area contributed by atoms with Crippen molar-refractivity contribution in [2.45, 2.75) is 71.0 Å². The second kappa shape index (κ2) is 9.18. The Hall–Kier alpha value is -2.47. The van der Waals surface area contributed by atoms with Crippen LogP contribution in [0.15, 0.2) is 46.1 Å². The van der Waals surface area contributed by atoms with Crippen LogP contribution in [-0.2, 0) is 20.7 Å². The zero-order chi connectivity index (χ0) is 23.7. The molecule has 1 aromatic heterocycles. The van der Waals surface area contributed by atoms with Gasteiger partial charge in [-0.05, 0) is 62.2 Å². The van der Waals surface area contributed by atoms with Gasteiger partial charge in [-0.15, -0.1) is 0 Å². The predicted molar refractivity (Wildman–Crippen MR) is 131 cm³/mol. The maximum atomic E-state index is 11.9. The van der Waals surface area contributed by atoms with Crippen LogP contribution < -0.4 is 4.43 Å². The molecule has 0 saturated heterocycles. The van der Waals surface area contributed by atoms with E-state index < -0.39 is 14.3 Å². The maximum absolute atomic E-state index is 11.9. The highest BCUT2D eigenvalue weighted by molar-refractivity contribution is 6.74. The van der Waals surface area contributed by atoms with E-state index in [4.69, 9.17) is 18.3 Å². The Bertz CT molecular complexity index is 1050. The Balaban J connectivity index is 2.00. The lowest BCUT2D eigenvalue weighted by Gasteiger charge is -2.36. The van der Waals surface area contributed by atoms with E-state index in [2.05, 4.69) is 46.0 Å². The Morgan fingerprint density at radius 3 is 2.53 bits per heavy atom. The number of aryl methyl sites for hydroxylation is 1. The molecule has 32 heavy (non-hydrogen) atoms. The van der Waals surface area contributed by atoms with Crippen molar-refractivity contribution in [2.75, 3.05) is 14.2 Å². The number of carbonyl (C=O) groups excluding carboxylic acids is 1. The third-order valence-corrected chi connectivity index (χ3v) is 11.0. The molecule has 1 aliphatic rings. The zero-order valence-corrected chi connectivity index (χ0v) is 21.6. The molecule has 0 aliphatic heterocycles. The number of esters is 1. The summed E-state index contributed by atoms with van der Waals surface area (Å²) in [6.45, 7) is 13.2. The van der Waals surface area contributed by atoms with E-state index in [9.17, 15) is 4.79 Å². The van der Waals surface area contributed by atoms with Crippen molar-refractivity contribution in [3.8, 4) is 5.75 Å². The van der Waals surface area contributed by atoms with E-state index in [1.165, 1.54) is 19.8 Å². The summed E-state index contributed by atoms with van der Waals surface area (Å²) in [4.78, 5) is 11.9. The van der Waals surface area contributed by atoms with Gasteiger partial charge in [0.05, 0.1) is 14.2 Å². The maximum Gasteiger partial charge on any atom is 0.373 e. The van der Waals surface area contributed by atoms with Crippen LogP contribution in [0.3, 0.4) is 0 Å². The molecule has 6 heteroatoms. The second-order valence-corrected chi connectivity index (χ2v) is 14.8. The highest BCUT2D eigenvalue weighted by Gasteiger charge is 2.39. The van der Waals surface area contributed by atoms with Crippen LogP contribution in [0.5, 0.6) is 5.75 Å². The highest BCUT2D eigenvalue weighted by Crippen LogP contribution is 2.43. The molecule has 1 aromatic carbocycles. The molecule has 3 rings (SSSR count). The SMILES string of the molecule is COC(=O)/C(=C/C(C)=C/[C@@H]1CCCc2oc3ccc(O[Si](C)(C)C(C)(C)C)cc3c21)OC. The third kappa shape index (κ3) is 4.95. The molecular weight excluding hydrogens is 420 g/mol. The average Bonchev–Trinajstić information content (AvgIpc) is 3.09. The van der Waals surface area contributed by atoms with Crippen molar-refractivity contribution in [1.82, 2.24) is 0 Å². The minimum atomic E-state index is -1.94. The van der Waals surface area contributed by atoms with E-state index in [-0.39, 0.29) is 16.7 Å². The zero-order valence-electron chi connectivity index (χ0n) is 20.6. The molecule has 0 saturated carbocycles. The average molecular weight is 457 g/mol. The van der Waals surface area contributed by atoms with Crippen molar-refractivity contribution in [2.24, 2.45) is 0 Å². The van der Waals surface area contributed by atoms with E-state index >= 15 is 0 Å². The first-order chi connectivity index (χ1) is 15.0. The molecule has 1 aliphatic carbocycles. The summed E-state index contributed by atoms with van der Waals surface area (Å²) in [6, 6.07) is 6.20. The number of furan rings is 1. The smallest absolute Gasteiger partial charge is 0.373 e. The summed E-state index contributed by atoms with van der Waals surface area (Å²) < 4.78 is 22.8. The van der Waals surface area contributed by atoms with Crippen molar-refractivity contribution >= 4 is 25.3 Å². The molecule has 1 heterocycles. The molecule has 0 unspecified atom stereocenters. The van der Waals surface area contributed by atoms with E-state index in [1.54, 1.807) is 6.08 Å². The van der Waals surface area contributed by atoms with Gasteiger partial charge in [0.15, 0.2) is 0 Å². The summed E-state index contributed by atoms with van der Waals surface area (Å²) in [5, 5.41) is 1.25. The van der Waals surface area contributed by atoms with Crippen molar-refractivity contribution < 1.29 is 23.1 Å². The normalized spacial score (nSPS) is 17.8. The van der Waals surface area contributed by atoms with Crippen LogP contribution in [0.4, 0.5) is 0 Å². The first-order valence-corrected chi connectivity index (χ1v) is 14.1. The number of benzene rings is 1. The molecule has 0 radical (unpaired) electrons. The van der Waals surface area contributed by atoms with Crippen LogP contribution in [0, 0.1) is 0 Å². The van der Waals surface area contributed by atoms with Gasteiger partial charge in [0.25, 0.3) is 0 Å². The predicted octanol–water partition coefficient (Wildman–Crippen LogP) is 6.89. The number of rotatable bonds is 6. The topological polar surface area (TPSA) is 57.9 Å². The fourth-order valence-corrected chi connectivity index (χ4v) is 4.94. The van der Waals surface area contributed by atoms with Gasteiger partial charge in [-0.1, -0.05) is 32.4 Å². The molecule has 0 amide bonds. The van der Waals surface area contributed by atoms with Crippen molar-refractivity contribution in [1.29, 1.82) is 0 Å². The van der Waals surface area contributed by atoms with Crippen LogP contribution in [0.1, 0.15) is 57.8 Å². The quantitative estimate of drug-likeness (QED) is 0.156. The minimum Gasteiger partial charge on any atom is -0.543 e. The van der Waals surface area contributed by atoms with Gasteiger partial charge >= 0.3 is 5.97 Å². The summed E-state index contributed by atoms with van der Waals surface area (Å²) in [6.07, 6.45) is 6.95. The fourth-order valence-electron chi connectivity index (χ4n) is 3.92. The summed E-state index contributed by atoms with van der Waals surface area (Å²) in [5.41, 5.74) is 3.09. The summed E-state index contributed by atoms with van der Waals surface area (Å²) >= 11 is 0. The number of fused-ring (bicyclic) bond motifs is 3. The molecule has 174 valence electrons. The van der Waals surface area contributed by atoms with Crippen LogP contribution in [0.25, 0.3) is 11.0 Å².